The number of hydrogen-bond acceptors (Lipinski definition) is 3. The number of rotatable bonds is 1. The van der Waals surface area contributed by atoms with Gasteiger partial charge in [0, 0.05) is 23.7 Å². The lowest BCUT2D eigenvalue weighted by Crippen LogP contribution is -2.52. The van der Waals surface area contributed by atoms with Gasteiger partial charge in [0.15, 0.2) is 17.0 Å². The minimum atomic E-state index is -4.68. The number of carbonyl (C=O) groups is 1. The molecule has 1 saturated heterocycles. The highest BCUT2D eigenvalue weighted by atomic mass is 35.5. The fourth-order valence-corrected chi connectivity index (χ4v) is 6.71. The molecule has 3 atom stereocenters. The molecule has 3 heterocycles. The lowest BCUT2D eigenvalue weighted by molar-refractivity contribution is -0.143. The van der Waals surface area contributed by atoms with Gasteiger partial charge < -0.3 is 4.90 Å². The normalized spacial score (nSPS) is 24.1. The molecule has 2 aromatic heterocycles. The Labute approximate surface area is 206 Å². The Balaban J connectivity index is 1.51. The smallest absolute Gasteiger partial charge is 0.334 e. The summed E-state index contributed by atoms with van der Waals surface area (Å²) in [7, 11) is 0. The van der Waals surface area contributed by atoms with Crippen molar-refractivity contribution in [2.45, 2.75) is 64.1 Å². The number of likely N-dealkylation sites (tertiary alicyclic amines) is 1. The molecule has 35 heavy (non-hydrogen) atoms. The first-order valence-electron chi connectivity index (χ1n) is 12.3. The van der Waals surface area contributed by atoms with Gasteiger partial charge in [0.05, 0.1) is 5.69 Å². The molecular formula is C26H26ClF3N4O. The third kappa shape index (κ3) is 3.55. The monoisotopic (exact) mass is 502 g/mol. The molecule has 5 nitrogen and oxygen atoms in total. The third-order valence-electron chi connectivity index (χ3n) is 8.19. The van der Waals surface area contributed by atoms with Crippen molar-refractivity contribution in [3.63, 3.8) is 0 Å². The van der Waals surface area contributed by atoms with E-state index in [1.807, 2.05) is 12.1 Å². The number of hydrogen-bond donors (Lipinski definition) is 0. The van der Waals surface area contributed by atoms with E-state index < -0.39 is 17.8 Å². The maximum atomic E-state index is 14.4. The van der Waals surface area contributed by atoms with Crippen molar-refractivity contribution in [3.8, 4) is 11.3 Å². The molecule has 2 fully saturated rings. The molecule has 1 amide bonds. The van der Waals surface area contributed by atoms with Crippen molar-refractivity contribution in [2.24, 2.45) is 11.8 Å². The highest BCUT2D eigenvalue weighted by Gasteiger charge is 2.43. The second kappa shape index (κ2) is 8.22. The van der Waals surface area contributed by atoms with Crippen LogP contribution in [0.1, 0.15) is 66.3 Å². The van der Waals surface area contributed by atoms with Gasteiger partial charge in [-0.1, -0.05) is 55.6 Å². The third-order valence-corrected chi connectivity index (χ3v) is 8.54. The molecule has 3 aliphatic rings. The summed E-state index contributed by atoms with van der Waals surface area (Å²) < 4.78 is 44.0. The highest BCUT2D eigenvalue weighted by Crippen LogP contribution is 2.43. The van der Waals surface area contributed by atoms with Crippen LogP contribution in [0.2, 0.25) is 5.02 Å². The molecule has 1 aliphatic heterocycles. The fourth-order valence-electron chi connectivity index (χ4n) is 6.47. The summed E-state index contributed by atoms with van der Waals surface area (Å²) in [4.78, 5) is 20.1. The number of fused-ring (bicyclic) bond motifs is 5. The summed E-state index contributed by atoms with van der Waals surface area (Å²) in [5, 5.41) is 4.07. The van der Waals surface area contributed by atoms with Crippen molar-refractivity contribution >= 4 is 23.2 Å². The van der Waals surface area contributed by atoms with Gasteiger partial charge in [0.2, 0.25) is 0 Å². The van der Waals surface area contributed by atoms with Crippen LogP contribution in [0.25, 0.3) is 16.9 Å². The van der Waals surface area contributed by atoms with Gasteiger partial charge >= 0.3 is 6.18 Å². The number of aryl methyl sites for hydroxylation is 1. The minimum absolute atomic E-state index is 0.0796. The lowest BCUT2D eigenvalue weighted by Gasteiger charge is -2.47. The standard InChI is InChI=1S/C26H26ClF3N4O/c1-14-12-13-33(19-9-5-4-7-16(14)19)25(35)22-20(27)24-31-21-17-8-3-2-6-15(17)10-11-18(21)23(26(28,29)30)34(24)32-22/h2-3,6,8,14,16,19H,4-5,7,9-13H2,1H3/t14-,16-,19-/m1/s1. The van der Waals surface area contributed by atoms with Crippen molar-refractivity contribution in [2.75, 3.05) is 6.54 Å². The molecule has 0 spiro atoms. The fraction of sp³-hybridized carbons (Fsp3) is 0.500. The van der Waals surface area contributed by atoms with Crippen LogP contribution in [0.3, 0.4) is 0 Å². The van der Waals surface area contributed by atoms with Gasteiger partial charge in [-0.3, -0.25) is 4.79 Å². The Kier molecular flexibility index (Phi) is 5.36. The first-order valence-corrected chi connectivity index (χ1v) is 12.7. The molecule has 0 unspecified atom stereocenters. The van der Waals surface area contributed by atoms with Gasteiger partial charge in [0.25, 0.3) is 5.91 Å². The number of benzene rings is 1. The van der Waals surface area contributed by atoms with Crippen LogP contribution in [0, 0.1) is 11.8 Å². The van der Waals surface area contributed by atoms with Crippen molar-refractivity contribution in [1.29, 1.82) is 0 Å². The van der Waals surface area contributed by atoms with E-state index in [4.69, 9.17) is 11.6 Å². The van der Waals surface area contributed by atoms with Gasteiger partial charge in [-0.25, -0.2) is 9.50 Å². The molecule has 1 saturated carbocycles. The Morgan fingerprint density at radius 2 is 1.89 bits per heavy atom. The Morgan fingerprint density at radius 3 is 2.69 bits per heavy atom. The summed E-state index contributed by atoms with van der Waals surface area (Å²) in [5.74, 6) is 0.534. The van der Waals surface area contributed by atoms with Gasteiger partial charge in [-0.2, -0.15) is 18.3 Å². The SMILES string of the molecule is C[C@@H]1CCN(C(=O)c2nn3c(C(F)(F)F)c4c(nc3c2Cl)-c2ccccc2CC4)[C@@H]2CCCC[C@H]12. The predicted octanol–water partition coefficient (Wildman–Crippen LogP) is 6.21. The molecule has 3 aromatic rings. The lowest BCUT2D eigenvalue weighted by atomic mass is 9.72. The largest absolute Gasteiger partial charge is 0.433 e. The molecule has 2 aliphatic carbocycles. The number of nitrogens with zero attached hydrogens (tertiary/aromatic N) is 4. The van der Waals surface area contributed by atoms with Gasteiger partial charge in [-0.15, -0.1) is 0 Å². The predicted molar refractivity (Wildman–Crippen MR) is 126 cm³/mol. The van der Waals surface area contributed by atoms with E-state index in [1.54, 1.807) is 17.0 Å². The second-order valence-corrected chi connectivity index (χ2v) is 10.5. The molecule has 0 radical (unpaired) electrons. The molecule has 184 valence electrons. The Bertz CT molecular complexity index is 1330. The van der Waals surface area contributed by atoms with E-state index in [9.17, 15) is 18.0 Å². The van der Waals surface area contributed by atoms with Gasteiger partial charge in [-0.05, 0) is 49.5 Å². The molecule has 6 rings (SSSR count). The van der Waals surface area contributed by atoms with Crippen molar-refractivity contribution in [1.82, 2.24) is 19.5 Å². The van der Waals surface area contributed by atoms with Crippen molar-refractivity contribution in [3.05, 3.63) is 51.8 Å². The van der Waals surface area contributed by atoms with Crippen LogP contribution < -0.4 is 0 Å². The first-order chi connectivity index (χ1) is 16.8. The summed E-state index contributed by atoms with van der Waals surface area (Å²) in [5.41, 5.74) is 0.829. The zero-order valence-corrected chi connectivity index (χ0v) is 20.2. The number of amides is 1. The number of carbonyl (C=O) groups excluding carboxylic acids is 1. The van der Waals surface area contributed by atoms with Crippen molar-refractivity contribution < 1.29 is 18.0 Å². The summed E-state index contributed by atoms with van der Waals surface area (Å²) in [6, 6.07) is 7.43. The van der Waals surface area contributed by atoms with E-state index in [0.717, 1.165) is 42.2 Å². The number of alkyl halides is 3. The Morgan fingerprint density at radius 1 is 1.11 bits per heavy atom. The zero-order valence-electron chi connectivity index (χ0n) is 19.4. The van der Waals surface area contributed by atoms with Crippen LogP contribution in [0.15, 0.2) is 24.3 Å². The van der Waals surface area contributed by atoms with E-state index in [0.29, 0.717) is 30.4 Å². The molecular weight excluding hydrogens is 477 g/mol. The van der Waals surface area contributed by atoms with Crippen LogP contribution in [-0.2, 0) is 19.0 Å². The molecule has 0 bridgehead atoms. The first kappa shape index (κ1) is 22.8. The number of halogens is 4. The second-order valence-electron chi connectivity index (χ2n) is 10.1. The van der Waals surface area contributed by atoms with E-state index in [-0.39, 0.29) is 40.1 Å². The summed E-state index contributed by atoms with van der Waals surface area (Å²) in [6.07, 6.45) is 1.03. The van der Waals surface area contributed by atoms with E-state index in [2.05, 4.69) is 17.0 Å². The average Bonchev–Trinajstić information content (AvgIpc) is 3.17. The summed E-state index contributed by atoms with van der Waals surface area (Å²) >= 11 is 6.61. The Hall–Kier alpha value is -2.61. The van der Waals surface area contributed by atoms with E-state index >= 15 is 0 Å². The number of aromatic nitrogens is 3. The zero-order chi connectivity index (χ0) is 24.5. The molecule has 1 aromatic carbocycles. The van der Waals surface area contributed by atoms with Crippen LogP contribution >= 0.6 is 11.6 Å². The maximum absolute atomic E-state index is 14.4. The van der Waals surface area contributed by atoms with Crippen LogP contribution in [0.5, 0.6) is 0 Å². The average molecular weight is 503 g/mol. The van der Waals surface area contributed by atoms with Crippen LogP contribution in [0.4, 0.5) is 13.2 Å². The number of piperidine rings is 1. The highest BCUT2D eigenvalue weighted by molar-refractivity contribution is 6.36. The van der Waals surface area contributed by atoms with Gasteiger partial charge in [0.1, 0.15) is 5.02 Å². The topological polar surface area (TPSA) is 50.5 Å². The minimum Gasteiger partial charge on any atom is -0.334 e. The summed E-state index contributed by atoms with van der Waals surface area (Å²) in [6.45, 7) is 2.79. The van der Waals surface area contributed by atoms with Crippen LogP contribution in [-0.4, -0.2) is 38.0 Å². The molecule has 0 N–H and O–H groups in total. The quantitative estimate of drug-likeness (QED) is 0.397. The maximum Gasteiger partial charge on any atom is 0.433 e. The molecule has 9 heteroatoms. The van der Waals surface area contributed by atoms with E-state index in [1.165, 1.54) is 0 Å².